The van der Waals surface area contributed by atoms with E-state index in [0.29, 0.717) is 28.5 Å². The zero-order valence-electron chi connectivity index (χ0n) is 15.9. The van der Waals surface area contributed by atoms with Crippen LogP contribution in [0.4, 0.5) is 9.93 Å². The number of nitrogens with one attached hydrogen (secondary N) is 2. The second-order valence-electron chi connectivity index (χ2n) is 6.46. The number of carbonyl (C=O) groups excluding carboxylic acids is 2. The Bertz CT molecular complexity index is 613. The van der Waals surface area contributed by atoms with Crippen molar-refractivity contribution in [2.24, 2.45) is 5.92 Å². The van der Waals surface area contributed by atoms with Crippen LogP contribution in [0.5, 0.6) is 0 Å². The maximum absolute atomic E-state index is 12.1. The van der Waals surface area contributed by atoms with Crippen LogP contribution in [0.2, 0.25) is 0 Å². The van der Waals surface area contributed by atoms with Gasteiger partial charge in [-0.05, 0) is 12.8 Å². The molecule has 11 heteroatoms. The Morgan fingerprint density at radius 2 is 2.26 bits per heavy atom. The number of morpholine rings is 1. The Balaban J connectivity index is 1.66. The molecule has 0 aliphatic carbocycles. The predicted octanol–water partition coefficient (Wildman–Crippen LogP) is 1.67. The summed E-state index contributed by atoms with van der Waals surface area (Å²) in [6, 6.07) is 0. The molecule has 1 aliphatic heterocycles. The van der Waals surface area contributed by atoms with Crippen LogP contribution in [0.1, 0.15) is 20.8 Å². The fraction of sp³-hybridized carbons (Fsp3) is 0.750. The lowest BCUT2D eigenvalue weighted by atomic mass is 10.2. The van der Waals surface area contributed by atoms with Crippen molar-refractivity contribution in [3.63, 3.8) is 0 Å². The number of hydrogen-bond donors (Lipinski definition) is 2. The van der Waals surface area contributed by atoms with E-state index in [1.807, 2.05) is 0 Å². The molecular weight excluding hydrogens is 390 g/mol. The molecule has 2 heterocycles. The van der Waals surface area contributed by atoms with Gasteiger partial charge in [0.05, 0.1) is 25.1 Å². The van der Waals surface area contributed by atoms with Crippen molar-refractivity contribution in [3.05, 3.63) is 0 Å². The van der Waals surface area contributed by atoms with E-state index in [4.69, 9.17) is 9.47 Å². The van der Waals surface area contributed by atoms with Gasteiger partial charge in [0.2, 0.25) is 11.0 Å². The van der Waals surface area contributed by atoms with Gasteiger partial charge in [0, 0.05) is 26.2 Å². The second-order valence-corrected chi connectivity index (χ2v) is 8.66. The molecule has 2 N–H and O–H groups in total. The Kier molecular flexibility index (Phi) is 9.25. The minimum Gasteiger partial charge on any atom is -0.450 e. The molecule has 1 aromatic rings. The Hall–Kier alpha value is -1.43. The van der Waals surface area contributed by atoms with Crippen molar-refractivity contribution in [1.82, 2.24) is 20.4 Å². The molecule has 0 spiro atoms. The van der Waals surface area contributed by atoms with Gasteiger partial charge >= 0.3 is 6.09 Å². The zero-order chi connectivity index (χ0) is 19.6. The third kappa shape index (κ3) is 8.41. The van der Waals surface area contributed by atoms with Gasteiger partial charge in [-0.15, -0.1) is 10.2 Å². The minimum atomic E-state index is -0.568. The normalized spacial score (nSPS) is 17.7. The first kappa shape index (κ1) is 21.9. The lowest BCUT2D eigenvalue weighted by Gasteiger charge is -2.33. The number of carbonyl (C=O) groups is 2. The number of nitrogens with zero attached hydrogens (tertiary/aromatic N) is 3. The third-order valence-corrected chi connectivity index (χ3v) is 5.56. The van der Waals surface area contributed by atoms with Gasteiger partial charge in [0.15, 0.2) is 4.34 Å². The van der Waals surface area contributed by atoms with E-state index >= 15 is 0 Å². The highest BCUT2D eigenvalue weighted by Gasteiger charge is 2.21. The third-order valence-electron chi connectivity index (χ3n) is 3.59. The topological polar surface area (TPSA) is 106 Å². The van der Waals surface area contributed by atoms with Crippen molar-refractivity contribution in [2.45, 2.75) is 31.2 Å². The van der Waals surface area contributed by atoms with E-state index in [-0.39, 0.29) is 24.4 Å². The second kappa shape index (κ2) is 11.4. The van der Waals surface area contributed by atoms with E-state index in [1.165, 1.54) is 23.1 Å². The first-order valence-electron chi connectivity index (χ1n) is 8.97. The number of ether oxygens (including phenoxy) is 2. The van der Waals surface area contributed by atoms with E-state index in [9.17, 15) is 9.59 Å². The molecule has 1 aliphatic rings. The first-order chi connectivity index (χ1) is 13.0. The molecule has 9 nitrogen and oxygen atoms in total. The highest BCUT2D eigenvalue weighted by atomic mass is 32.2. The van der Waals surface area contributed by atoms with Crippen molar-refractivity contribution in [1.29, 1.82) is 0 Å². The van der Waals surface area contributed by atoms with Crippen LogP contribution in [0.15, 0.2) is 4.34 Å². The highest BCUT2D eigenvalue weighted by Crippen LogP contribution is 2.25. The summed E-state index contributed by atoms with van der Waals surface area (Å²) in [5.74, 6) is 0.765. The van der Waals surface area contributed by atoms with Crippen LogP contribution in [0.3, 0.4) is 0 Å². The van der Waals surface area contributed by atoms with Crippen LogP contribution in [0, 0.1) is 5.92 Å². The molecule has 1 fully saturated rings. The molecule has 1 unspecified atom stereocenters. The van der Waals surface area contributed by atoms with Gasteiger partial charge in [0.25, 0.3) is 0 Å². The van der Waals surface area contributed by atoms with Gasteiger partial charge in [0.1, 0.15) is 0 Å². The quantitative estimate of drug-likeness (QED) is 0.462. The van der Waals surface area contributed by atoms with Gasteiger partial charge in [-0.3, -0.25) is 15.0 Å². The van der Waals surface area contributed by atoms with Crippen molar-refractivity contribution >= 4 is 40.2 Å². The maximum Gasteiger partial charge on any atom is 0.413 e. The van der Waals surface area contributed by atoms with Crippen LogP contribution >= 0.6 is 23.1 Å². The molecule has 0 radical (unpaired) electrons. The molecule has 1 atom stereocenters. The van der Waals surface area contributed by atoms with Gasteiger partial charge in [-0.25, -0.2) is 4.79 Å². The Morgan fingerprint density at radius 3 is 3.00 bits per heavy atom. The molecule has 0 aromatic carbocycles. The van der Waals surface area contributed by atoms with Gasteiger partial charge in [-0.1, -0.05) is 36.9 Å². The number of aromatic nitrogens is 2. The van der Waals surface area contributed by atoms with E-state index in [0.717, 1.165) is 19.6 Å². The molecule has 1 saturated heterocycles. The number of hydrogen-bond acceptors (Lipinski definition) is 9. The van der Waals surface area contributed by atoms with Crippen molar-refractivity contribution in [3.8, 4) is 0 Å². The van der Waals surface area contributed by atoms with Crippen LogP contribution in [-0.2, 0) is 14.3 Å². The van der Waals surface area contributed by atoms with Crippen LogP contribution in [0.25, 0.3) is 0 Å². The molecule has 0 bridgehead atoms. The number of anilines is 1. The SMILES string of the molecule is CCOC(=O)Nc1nnc(SCC(=O)NCC2CN(CC(C)C)CCO2)s1. The molecule has 152 valence electrons. The summed E-state index contributed by atoms with van der Waals surface area (Å²) in [6.45, 7) is 10.4. The lowest BCUT2D eigenvalue weighted by Crippen LogP contribution is -2.48. The van der Waals surface area contributed by atoms with Crippen molar-refractivity contribution in [2.75, 3.05) is 50.5 Å². The Labute approximate surface area is 167 Å². The first-order valence-corrected chi connectivity index (χ1v) is 10.8. The van der Waals surface area contributed by atoms with Crippen molar-refractivity contribution < 1.29 is 19.1 Å². The molecule has 0 saturated carbocycles. The lowest BCUT2D eigenvalue weighted by molar-refractivity contribution is -0.119. The predicted molar refractivity (Wildman–Crippen MR) is 105 cm³/mol. The molecule has 2 rings (SSSR count). The molecule has 27 heavy (non-hydrogen) atoms. The zero-order valence-corrected chi connectivity index (χ0v) is 17.5. The summed E-state index contributed by atoms with van der Waals surface area (Å²) >= 11 is 2.47. The summed E-state index contributed by atoms with van der Waals surface area (Å²) in [7, 11) is 0. The molecule has 1 aromatic heterocycles. The van der Waals surface area contributed by atoms with Crippen LogP contribution < -0.4 is 10.6 Å². The summed E-state index contributed by atoms with van der Waals surface area (Å²) in [4.78, 5) is 25.8. The average Bonchev–Trinajstić information content (AvgIpc) is 3.05. The summed E-state index contributed by atoms with van der Waals surface area (Å²) < 4.78 is 11.1. The standard InChI is InChI=1S/C16H27N5O4S2/c1-4-24-15(23)18-14-19-20-16(27-14)26-10-13(22)17-7-12-9-21(5-6-25-12)8-11(2)3/h11-12H,4-10H2,1-3H3,(H,17,22)(H,18,19,23). The smallest absolute Gasteiger partial charge is 0.413 e. The summed E-state index contributed by atoms with van der Waals surface area (Å²) in [5.41, 5.74) is 0. The highest BCUT2D eigenvalue weighted by molar-refractivity contribution is 8.01. The number of rotatable bonds is 9. The summed E-state index contributed by atoms with van der Waals surface area (Å²) in [6.07, 6.45) is -0.546. The maximum atomic E-state index is 12.1. The monoisotopic (exact) mass is 417 g/mol. The van der Waals surface area contributed by atoms with Gasteiger partial charge in [-0.2, -0.15) is 0 Å². The fourth-order valence-electron chi connectivity index (χ4n) is 2.57. The minimum absolute atomic E-state index is 0.0216. The fourth-order valence-corrected chi connectivity index (χ4v) is 4.13. The van der Waals surface area contributed by atoms with Crippen LogP contribution in [-0.4, -0.2) is 78.3 Å². The van der Waals surface area contributed by atoms with Gasteiger partial charge < -0.3 is 14.8 Å². The van der Waals surface area contributed by atoms with E-state index in [2.05, 4.69) is 39.6 Å². The van der Waals surface area contributed by atoms with E-state index < -0.39 is 6.09 Å². The summed E-state index contributed by atoms with van der Waals surface area (Å²) in [5, 5.41) is 13.5. The molecular formula is C16H27N5O4S2. The molecule has 2 amide bonds. The number of amides is 2. The largest absolute Gasteiger partial charge is 0.450 e. The number of thioether (sulfide) groups is 1. The average molecular weight is 418 g/mol. The van der Waals surface area contributed by atoms with E-state index in [1.54, 1.807) is 6.92 Å². The Morgan fingerprint density at radius 1 is 1.44 bits per heavy atom.